The first kappa shape index (κ1) is 76.1. The fraction of sp³-hybridized carbons (Fsp3) is 0.696. The van der Waals surface area contributed by atoms with E-state index < -0.39 is 0 Å². The maximum absolute atomic E-state index is 11.8. The topological polar surface area (TPSA) is 88.1 Å². The molecule has 3 aromatic rings. The summed E-state index contributed by atoms with van der Waals surface area (Å²) in [5.74, 6) is 3.73. The predicted molar refractivity (Wildman–Crippen MR) is 329 cm³/mol. The van der Waals surface area contributed by atoms with Crippen molar-refractivity contribution in [1.29, 1.82) is 0 Å². The van der Waals surface area contributed by atoms with Crippen molar-refractivity contribution in [2.24, 2.45) is 28.1 Å². The predicted octanol–water partition coefficient (Wildman–Crippen LogP) is 20.4. The molecule has 0 saturated heterocycles. The fourth-order valence-electron chi connectivity index (χ4n) is 6.46. The van der Waals surface area contributed by atoms with E-state index in [0.717, 1.165) is 38.0 Å². The van der Waals surface area contributed by atoms with Crippen LogP contribution < -0.4 is 4.74 Å². The molecule has 0 aliphatic carbocycles. The lowest BCUT2D eigenvalue weighted by molar-refractivity contribution is -0.156. The Labute approximate surface area is 470 Å². The molecule has 0 N–H and O–H groups in total. The molecule has 4 atom stereocenters. The van der Waals surface area contributed by atoms with Crippen LogP contribution in [0.4, 0.5) is 0 Å². The number of esters is 3. The average Bonchev–Trinajstić information content (AvgIpc) is 3.40. The van der Waals surface area contributed by atoms with Crippen molar-refractivity contribution < 1.29 is 33.3 Å². The summed E-state index contributed by atoms with van der Waals surface area (Å²) in [5, 5.41) is 0. The minimum absolute atomic E-state index is 0.0510. The smallest absolute Gasteiger partial charge is 0.311 e. The fourth-order valence-corrected chi connectivity index (χ4v) is 6.46. The molecule has 0 aliphatic heterocycles. The second-order valence-electron chi connectivity index (χ2n) is 24.2. The number of hydrogen-bond donors (Lipinski definition) is 0. The Morgan fingerprint density at radius 2 is 0.803 bits per heavy atom. The summed E-state index contributed by atoms with van der Waals surface area (Å²) in [5.41, 5.74) is 6.38. The van der Waals surface area contributed by atoms with E-state index >= 15 is 0 Å². The van der Waals surface area contributed by atoms with Crippen LogP contribution in [-0.4, -0.2) is 44.3 Å². The van der Waals surface area contributed by atoms with Gasteiger partial charge in [-0.1, -0.05) is 196 Å². The van der Waals surface area contributed by atoms with Crippen LogP contribution in [0.25, 0.3) is 0 Å². The summed E-state index contributed by atoms with van der Waals surface area (Å²) < 4.78 is 20.8. The zero-order valence-electron chi connectivity index (χ0n) is 54.1. The standard InChI is InChI=1S/C14H28O2.C14H22.C12H18O.C11H16.C10H20O2.C8H16O2/c1-6-9-10-12(7-2)11-16-13(15)14(4,5)8-3;1-6-11(2)12-7-9-13(10-8-12)14(3,4)5;1-4-10(3)11-6-8-12(9-7-11)13-5-2;1-4-10(3)11-7-5-9(2)6-8-11;1-6-10(4,5)9(11)12-7-8(2)3;1-5-8(3,4)7(9)10-6-2/h12H,6-11H2,1-5H3;7-11H,6H2,1-5H3;6-10H,4-5H2,1-3H3;5-8,10H,4H2,1-3H3;8H,6-7H2,1-5H3;5-6H2,1-4H3. The highest BCUT2D eigenvalue weighted by molar-refractivity contribution is 5.76. The monoisotopic (exact) mass is 1060 g/mol. The van der Waals surface area contributed by atoms with Gasteiger partial charge >= 0.3 is 17.9 Å². The molecule has 0 amide bonds. The number of hydrogen-bond acceptors (Lipinski definition) is 7. The van der Waals surface area contributed by atoms with Crippen LogP contribution in [0.3, 0.4) is 0 Å². The van der Waals surface area contributed by atoms with Gasteiger partial charge in [-0.05, 0) is 177 Å². The molecule has 4 unspecified atom stereocenters. The molecule has 0 aliphatic rings. The molecular weight excluding hydrogens is 941 g/mol. The molecule has 0 radical (unpaired) electrons. The van der Waals surface area contributed by atoms with Gasteiger partial charge in [-0.2, -0.15) is 0 Å². The first-order valence-corrected chi connectivity index (χ1v) is 29.8. The highest BCUT2D eigenvalue weighted by atomic mass is 16.5. The second kappa shape index (κ2) is 41.0. The summed E-state index contributed by atoms with van der Waals surface area (Å²) >= 11 is 0. The van der Waals surface area contributed by atoms with Gasteiger partial charge in [-0.25, -0.2) is 0 Å². The molecule has 7 heteroatoms. The van der Waals surface area contributed by atoms with Crippen molar-refractivity contribution >= 4 is 17.9 Å². The van der Waals surface area contributed by atoms with E-state index in [9.17, 15) is 14.4 Å². The van der Waals surface area contributed by atoms with E-state index in [1.54, 1.807) is 0 Å². The van der Waals surface area contributed by atoms with Gasteiger partial charge in [0.1, 0.15) is 5.75 Å². The largest absolute Gasteiger partial charge is 0.494 e. The molecule has 0 saturated carbocycles. The van der Waals surface area contributed by atoms with Crippen LogP contribution >= 0.6 is 0 Å². The van der Waals surface area contributed by atoms with Gasteiger partial charge in [0.15, 0.2) is 0 Å². The van der Waals surface area contributed by atoms with Crippen molar-refractivity contribution in [2.45, 2.75) is 260 Å². The Balaban J connectivity index is -0.000000847. The molecule has 0 spiro atoms. The maximum atomic E-state index is 11.8. The third-order valence-electron chi connectivity index (χ3n) is 14.7. The van der Waals surface area contributed by atoms with Crippen LogP contribution in [0.5, 0.6) is 5.75 Å². The summed E-state index contributed by atoms with van der Waals surface area (Å²) in [4.78, 5) is 34.2. The molecule has 0 bridgehead atoms. The third kappa shape index (κ3) is 33.9. The molecule has 0 fully saturated rings. The Bertz CT molecular complexity index is 1900. The zero-order valence-corrected chi connectivity index (χ0v) is 54.1. The number of unbranched alkanes of at least 4 members (excludes halogenated alkanes) is 1. The summed E-state index contributed by atoms with van der Waals surface area (Å²) in [6, 6.07) is 26.3. The van der Waals surface area contributed by atoms with Gasteiger partial charge in [0.2, 0.25) is 0 Å². The first-order valence-electron chi connectivity index (χ1n) is 29.8. The van der Waals surface area contributed by atoms with Crippen LogP contribution in [0.2, 0.25) is 0 Å². The van der Waals surface area contributed by atoms with Crippen molar-refractivity contribution in [3.05, 3.63) is 101 Å². The first-order chi connectivity index (χ1) is 35.4. The lowest BCUT2D eigenvalue weighted by Crippen LogP contribution is -2.27. The number of aryl methyl sites for hydroxylation is 1. The number of carbonyl (C=O) groups is 3. The molecule has 76 heavy (non-hydrogen) atoms. The minimum Gasteiger partial charge on any atom is -0.494 e. The van der Waals surface area contributed by atoms with E-state index in [1.807, 2.05) is 102 Å². The molecule has 7 nitrogen and oxygen atoms in total. The van der Waals surface area contributed by atoms with E-state index in [4.69, 9.17) is 18.9 Å². The normalized spacial score (nSPS) is 12.8. The van der Waals surface area contributed by atoms with Crippen molar-refractivity contribution in [3.8, 4) is 5.75 Å². The van der Waals surface area contributed by atoms with Crippen molar-refractivity contribution in [2.75, 3.05) is 26.4 Å². The maximum Gasteiger partial charge on any atom is 0.311 e. The highest BCUT2D eigenvalue weighted by Gasteiger charge is 2.29. The van der Waals surface area contributed by atoms with Crippen molar-refractivity contribution in [3.63, 3.8) is 0 Å². The Hall–Kier alpha value is -4.13. The zero-order chi connectivity index (χ0) is 59.3. The number of carbonyl (C=O) groups excluding carboxylic acids is 3. The molecule has 438 valence electrons. The van der Waals surface area contributed by atoms with Crippen molar-refractivity contribution in [1.82, 2.24) is 0 Å². The second-order valence-corrected chi connectivity index (χ2v) is 24.2. The number of benzene rings is 3. The van der Waals surface area contributed by atoms with Crippen LogP contribution in [0, 0.1) is 35.0 Å². The Kier molecular flexibility index (Phi) is 41.0. The molecule has 3 rings (SSSR count). The van der Waals surface area contributed by atoms with Gasteiger partial charge in [-0.15, -0.1) is 0 Å². The minimum atomic E-state index is -0.330. The van der Waals surface area contributed by atoms with E-state index in [1.165, 1.54) is 66.3 Å². The van der Waals surface area contributed by atoms with E-state index in [-0.39, 0.29) is 39.6 Å². The number of ether oxygens (including phenoxy) is 4. The highest BCUT2D eigenvalue weighted by Crippen LogP contribution is 2.27. The van der Waals surface area contributed by atoms with Crippen LogP contribution in [-0.2, 0) is 34.0 Å². The van der Waals surface area contributed by atoms with Crippen LogP contribution in [0.15, 0.2) is 72.8 Å². The Morgan fingerprint density at radius 3 is 1.11 bits per heavy atom. The van der Waals surface area contributed by atoms with Gasteiger partial charge in [0, 0.05) is 0 Å². The molecule has 3 aromatic carbocycles. The van der Waals surface area contributed by atoms with E-state index in [0.29, 0.717) is 49.4 Å². The number of rotatable bonds is 23. The summed E-state index contributed by atoms with van der Waals surface area (Å²) in [6.07, 6.45) is 10.8. The Morgan fingerprint density at radius 1 is 0.447 bits per heavy atom. The summed E-state index contributed by atoms with van der Waals surface area (Å²) in [7, 11) is 0. The average molecular weight is 1060 g/mol. The molecule has 0 aromatic heterocycles. The van der Waals surface area contributed by atoms with Gasteiger partial charge in [0.25, 0.3) is 0 Å². The lowest BCUT2D eigenvalue weighted by Gasteiger charge is -2.22. The van der Waals surface area contributed by atoms with Gasteiger partial charge in [0.05, 0.1) is 42.7 Å². The molecular formula is C69H120O7. The molecule has 0 heterocycles. The van der Waals surface area contributed by atoms with Gasteiger partial charge in [-0.3, -0.25) is 14.4 Å². The van der Waals surface area contributed by atoms with Crippen LogP contribution in [0.1, 0.15) is 276 Å². The SMILES string of the molecule is CCC(C)(C)C(=O)OCC(C)C.CCC(C)c1ccc(C(C)(C)C)cc1.CCC(C)c1ccc(C)cc1.CCCCC(CC)COC(=O)C(C)(C)CC.CCOC(=O)C(C)(C)CC.CCOc1ccc(C(C)CC)cc1. The quantitative estimate of drug-likeness (QED) is 0.0690. The van der Waals surface area contributed by atoms with E-state index in [2.05, 4.69) is 144 Å². The third-order valence-corrected chi connectivity index (χ3v) is 14.7. The summed E-state index contributed by atoms with van der Waals surface area (Å²) in [6.45, 7) is 54.5. The van der Waals surface area contributed by atoms with Gasteiger partial charge < -0.3 is 18.9 Å². The lowest BCUT2D eigenvalue weighted by atomic mass is 9.85.